The highest BCUT2D eigenvalue weighted by Crippen LogP contribution is 2.09. The Kier molecular flexibility index (Phi) is 16.2. The van der Waals surface area contributed by atoms with Crippen LogP contribution >= 0.6 is 12.4 Å². The summed E-state index contributed by atoms with van der Waals surface area (Å²) in [5, 5.41) is 23.0. The zero-order chi connectivity index (χ0) is 36.1. The lowest BCUT2D eigenvalue weighted by Crippen LogP contribution is -2.46. The van der Waals surface area contributed by atoms with Gasteiger partial charge in [0.25, 0.3) is 23.6 Å². The number of Topliss-reactive ketones (excluding diaryl/α,β-unsaturated/α-hetero) is 1. The van der Waals surface area contributed by atoms with Gasteiger partial charge in [-0.3, -0.25) is 24.0 Å². The molecule has 0 aliphatic carbocycles. The number of imidazole rings is 2. The van der Waals surface area contributed by atoms with E-state index in [4.69, 9.17) is 5.73 Å². The van der Waals surface area contributed by atoms with Crippen LogP contribution in [-0.2, 0) is 16.0 Å². The van der Waals surface area contributed by atoms with Gasteiger partial charge in [-0.25, -0.2) is 14.8 Å². The number of ketones is 1. The monoisotopic (exact) mass is 716 g/mol. The molecule has 0 radical (unpaired) electrons. The van der Waals surface area contributed by atoms with Gasteiger partial charge in [0.15, 0.2) is 17.2 Å². The van der Waals surface area contributed by atoms with E-state index in [9.17, 15) is 33.9 Å². The summed E-state index contributed by atoms with van der Waals surface area (Å²) in [5.41, 5.74) is 5.82. The second kappa shape index (κ2) is 19.8. The Morgan fingerprint density at radius 1 is 0.800 bits per heavy atom. The summed E-state index contributed by atoms with van der Waals surface area (Å²) >= 11 is 0. The van der Waals surface area contributed by atoms with E-state index in [-0.39, 0.29) is 73.1 Å². The van der Waals surface area contributed by atoms with Gasteiger partial charge in [0, 0.05) is 31.6 Å². The third-order valence-electron chi connectivity index (χ3n) is 7.38. The van der Waals surface area contributed by atoms with E-state index in [1.165, 1.54) is 13.3 Å². The van der Waals surface area contributed by atoms with Gasteiger partial charge in [-0.15, -0.1) is 12.4 Å². The first-order valence-electron chi connectivity index (χ1n) is 15.8. The minimum atomic E-state index is -1.24. The fraction of sp³-hybridized carbons (Fsp3) is 0.438. The van der Waals surface area contributed by atoms with Crippen molar-refractivity contribution in [2.24, 2.45) is 11.7 Å². The summed E-state index contributed by atoms with van der Waals surface area (Å²) in [4.78, 5) is 89.1. The van der Waals surface area contributed by atoms with Gasteiger partial charge in [-0.2, -0.15) is 0 Å². The number of aromatic nitrogens is 4. The Morgan fingerprint density at radius 3 is 1.90 bits per heavy atom. The Bertz CT molecular complexity index is 1610. The van der Waals surface area contributed by atoms with Crippen LogP contribution in [0.25, 0.3) is 0 Å². The van der Waals surface area contributed by atoms with Crippen LogP contribution in [-0.4, -0.2) is 104 Å². The maximum atomic E-state index is 12.9. The number of aromatic amines is 2. The Hall–Kier alpha value is -5.13. The molecule has 0 fully saturated rings. The molecule has 10 N–H and O–H groups in total. The molecule has 0 bridgehead atoms. The van der Waals surface area contributed by atoms with Crippen LogP contribution < -0.4 is 32.3 Å². The molecule has 4 amide bonds. The van der Waals surface area contributed by atoms with Crippen LogP contribution in [0, 0.1) is 5.92 Å². The van der Waals surface area contributed by atoms with Gasteiger partial charge in [-0.1, -0.05) is 44.2 Å². The van der Waals surface area contributed by atoms with E-state index in [0.717, 1.165) is 6.33 Å². The number of hydrogen-bond donors (Lipinski definition) is 9. The molecule has 2 aromatic heterocycles. The van der Waals surface area contributed by atoms with E-state index < -0.39 is 47.7 Å². The molecule has 2 heterocycles. The molecular weight excluding hydrogens is 672 g/mol. The number of carbonyl (C=O) groups excluding carboxylic acids is 5. The van der Waals surface area contributed by atoms with Crippen molar-refractivity contribution in [2.75, 3.05) is 19.6 Å². The zero-order valence-electron chi connectivity index (χ0n) is 28.2. The van der Waals surface area contributed by atoms with E-state index >= 15 is 0 Å². The Morgan fingerprint density at radius 2 is 1.36 bits per heavy atom. The van der Waals surface area contributed by atoms with Crippen LogP contribution in [0.3, 0.4) is 0 Å². The van der Waals surface area contributed by atoms with Crippen molar-refractivity contribution in [3.63, 3.8) is 0 Å². The lowest BCUT2D eigenvalue weighted by molar-refractivity contribution is -0.139. The highest BCUT2D eigenvalue weighted by molar-refractivity contribution is 6.06. The van der Waals surface area contributed by atoms with E-state index in [1.54, 1.807) is 37.3 Å². The van der Waals surface area contributed by atoms with Crippen molar-refractivity contribution in [3.8, 4) is 0 Å². The molecule has 0 aliphatic heterocycles. The summed E-state index contributed by atoms with van der Waals surface area (Å²) in [6.45, 7) is 7.37. The van der Waals surface area contributed by atoms with Crippen molar-refractivity contribution in [2.45, 2.75) is 64.7 Å². The van der Waals surface area contributed by atoms with Crippen molar-refractivity contribution in [3.05, 3.63) is 71.3 Å². The van der Waals surface area contributed by atoms with Crippen LogP contribution in [0.5, 0.6) is 0 Å². The number of benzene rings is 1. The smallest absolute Gasteiger partial charge is 0.326 e. The number of carbonyl (C=O) groups is 6. The van der Waals surface area contributed by atoms with Crippen molar-refractivity contribution in [1.29, 1.82) is 0 Å². The number of halogens is 1. The first-order valence-corrected chi connectivity index (χ1v) is 15.8. The molecule has 0 saturated heterocycles. The second-order valence-electron chi connectivity index (χ2n) is 12.0. The molecular formula is C32H45ClN10O7. The molecule has 3 rings (SSSR count). The fourth-order valence-electron chi connectivity index (χ4n) is 4.85. The summed E-state index contributed by atoms with van der Waals surface area (Å²) < 4.78 is 0. The van der Waals surface area contributed by atoms with Gasteiger partial charge >= 0.3 is 5.97 Å². The first-order chi connectivity index (χ1) is 23.3. The molecule has 0 spiro atoms. The number of nitrogens with two attached hydrogens (primary N) is 1. The SMILES string of the molecule is CC(C)C[C@@H](CN)NC(=O)c1nc[nH]c1C(=O)N[C@@H](C)C(=O)CNC[C@H](C)NC(=O)c1nc[nH]c1C(=O)N[C@@H](Cc1ccccc1)C(=O)O.Cl. The largest absolute Gasteiger partial charge is 0.480 e. The predicted molar refractivity (Wildman–Crippen MR) is 185 cm³/mol. The molecule has 272 valence electrons. The number of H-pyrrole nitrogens is 2. The van der Waals surface area contributed by atoms with Crippen LogP contribution in [0.1, 0.15) is 81.6 Å². The summed E-state index contributed by atoms with van der Waals surface area (Å²) in [6.07, 6.45) is 3.05. The molecule has 18 heteroatoms. The number of hydrogen-bond acceptors (Lipinski definition) is 10. The average Bonchev–Trinajstić information content (AvgIpc) is 3.75. The normalized spacial score (nSPS) is 13.2. The Labute approximate surface area is 295 Å². The minimum absolute atomic E-state index is 0. The van der Waals surface area contributed by atoms with E-state index in [2.05, 4.69) is 46.5 Å². The quantitative estimate of drug-likeness (QED) is 0.0808. The maximum absolute atomic E-state index is 12.9. The van der Waals surface area contributed by atoms with Gasteiger partial charge in [-0.05, 0) is 31.7 Å². The highest BCUT2D eigenvalue weighted by Gasteiger charge is 2.27. The summed E-state index contributed by atoms with van der Waals surface area (Å²) in [5.74, 6) is -4.06. The molecule has 4 atom stereocenters. The summed E-state index contributed by atoms with van der Waals surface area (Å²) in [6, 6.07) is 5.79. The predicted octanol–water partition coefficient (Wildman–Crippen LogP) is 0.179. The molecule has 17 nitrogen and oxygen atoms in total. The van der Waals surface area contributed by atoms with Gasteiger partial charge in [0.1, 0.15) is 17.4 Å². The number of carboxylic acids is 1. The van der Waals surface area contributed by atoms with Crippen LogP contribution in [0.4, 0.5) is 0 Å². The first kappa shape index (κ1) is 41.0. The van der Waals surface area contributed by atoms with Gasteiger partial charge in [0.05, 0.1) is 25.2 Å². The average molecular weight is 717 g/mol. The number of nitrogens with one attached hydrogen (secondary N) is 7. The summed E-state index contributed by atoms with van der Waals surface area (Å²) in [7, 11) is 0. The molecule has 50 heavy (non-hydrogen) atoms. The van der Waals surface area contributed by atoms with Crippen molar-refractivity contribution >= 4 is 47.8 Å². The number of carboxylic acid groups (broad SMARTS) is 1. The lowest BCUT2D eigenvalue weighted by atomic mass is 10.0. The molecule has 1 aromatic carbocycles. The fourth-order valence-corrected chi connectivity index (χ4v) is 4.85. The minimum Gasteiger partial charge on any atom is -0.480 e. The number of rotatable bonds is 19. The van der Waals surface area contributed by atoms with Crippen LogP contribution in [0.15, 0.2) is 43.0 Å². The molecule has 0 unspecified atom stereocenters. The van der Waals surface area contributed by atoms with E-state index in [1.807, 2.05) is 13.8 Å². The standard InChI is InChI=1S/C32H44N10O7.ClH/c1-17(2)10-21(12-33)41-30(46)26-25(36-16-37-26)29(45)40-19(4)23(43)14-34-13-18(3)39-28(44)24-27(38-15-35-24)31(47)42-22(32(48)49)11-20-8-6-5-7-9-20;/h5-9,15-19,21-22,34H,10-14,33H2,1-4H3,(H,35,38)(H,36,37)(H,39,44)(H,40,45)(H,41,46)(H,42,47)(H,48,49);1H/t18-,19-,21-,22-;/m0./s1. The Balaban J connectivity index is 0.00000867. The maximum Gasteiger partial charge on any atom is 0.326 e. The number of aliphatic carboxylic acids is 1. The van der Waals surface area contributed by atoms with Gasteiger partial charge in [0.2, 0.25) is 0 Å². The van der Waals surface area contributed by atoms with Crippen molar-refractivity contribution < 1.29 is 33.9 Å². The third kappa shape index (κ3) is 12.1. The number of amides is 4. The number of nitrogens with zero attached hydrogens (tertiary/aromatic N) is 2. The molecule has 0 aliphatic rings. The highest BCUT2D eigenvalue weighted by atomic mass is 35.5. The third-order valence-corrected chi connectivity index (χ3v) is 7.38. The van der Waals surface area contributed by atoms with Crippen molar-refractivity contribution in [1.82, 2.24) is 46.5 Å². The topological polar surface area (TPSA) is 266 Å². The second-order valence-corrected chi connectivity index (χ2v) is 12.0. The zero-order valence-corrected chi connectivity index (χ0v) is 29.1. The van der Waals surface area contributed by atoms with E-state index in [0.29, 0.717) is 17.9 Å². The van der Waals surface area contributed by atoms with Crippen LogP contribution in [0.2, 0.25) is 0 Å². The van der Waals surface area contributed by atoms with Gasteiger partial charge < -0.3 is 47.4 Å². The molecule has 3 aromatic rings. The molecule has 0 saturated carbocycles. The lowest BCUT2D eigenvalue weighted by Gasteiger charge is -2.19.